The van der Waals surface area contributed by atoms with Crippen LogP contribution in [0.1, 0.15) is 38.6 Å². The predicted octanol–water partition coefficient (Wildman–Crippen LogP) is 3.38. The Morgan fingerprint density at radius 3 is 2.00 bits per heavy atom. The molecule has 0 aliphatic carbocycles. The molecule has 4 heteroatoms. The Hall–Kier alpha value is -2.23. The second-order valence-electron chi connectivity index (χ2n) is 5.13. The first-order valence-corrected chi connectivity index (χ1v) is 6.48. The van der Waals surface area contributed by atoms with Gasteiger partial charge in [0.1, 0.15) is 5.82 Å². The van der Waals surface area contributed by atoms with Gasteiger partial charge in [0.25, 0.3) is 0 Å². The lowest BCUT2D eigenvalue weighted by molar-refractivity contribution is 0.0690. The summed E-state index contributed by atoms with van der Waals surface area (Å²) in [6, 6.07) is 3.68. The van der Waals surface area contributed by atoms with Gasteiger partial charge in [-0.25, -0.2) is 14.8 Å². The number of carbonyl (C=O) groups is 1. The molecule has 1 aromatic heterocycles. The molecule has 1 aromatic carbocycles. The summed E-state index contributed by atoms with van der Waals surface area (Å²) in [7, 11) is 0. The van der Waals surface area contributed by atoms with Gasteiger partial charge in [-0.15, -0.1) is 0 Å². The second-order valence-corrected chi connectivity index (χ2v) is 5.13. The van der Waals surface area contributed by atoms with E-state index in [2.05, 4.69) is 29.9 Å². The monoisotopic (exact) mass is 270 g/mol. The maximum atomic E-state index is 11.2. The molecule has 0 aliphatic heterocycles. The molecule has 0 bridgehead atoms. The van der Waals surface area contributed by atoms with Crippen molar-refractivity contribution >= 4 is 5.97 Å². The van der Waals surface area contributed by atoms with Gasteiger partial charge in [-0.3, -0.25) is 0 Å². The van der Waals surface area contributed by atoms with E-state index in [9.17, 15) is 4.79 Å². The van der Waals surface area contributed by atoms with Gasteiger partial charge >= 0.3 is 5.97 Å². The summed E-state index contributed by atoms with van der Waals surface area (Å²) in [5.74, 6) is -0.561. The summed E-state index contributed by atoms with van der Waals surface area (Å²) in [5.41, 5.74) is 6.33. The SMILES string of the molecule is Cc1nc(C(=O)O)cc(-c2c(C)c(C)cc(C)c2C)n1. The van der Waals surface area contributed by atoms with Gasteiger partial charge in [-0.2, -0.15) is 0 Å². The fourth-order valence-electron chi connectivity index (χ4n) is 2.41. The molecule has 1 heterocycles. The lowest BCUT2D eigenvalue weighted by atomic mass is 9.92. The first-order valence-electron chi connectivity index (χ1n) is 6.48. The first kappa shape index (κ1) is 14.2. The van der Waals surface area contributed by atoms with E-state index in [1.807, 2.05) is 13.8 Å². The molecule has 0 unspecified atom stereocenters. The molecule has 2 rings (SSSR count). The number of hydrogen-bond acceptors (Lipinski definition) is 3. The van der Waals surface area contributed by atoms with Crippen LogP contribution in [0.5, 0.6) is 0 Å². The normalized spacial score (nSPS) is 10.7. The topological polar surface area (TPSA) is 63.1 Å². The van der Waals surface area contributed by atoms with Crippen LogP contribution in [0.25, 0.3) is 11.3 Å². The van der Waals surface area contributed by atoms with Crippen molar-refractivity contribution in [2.45, 2.75) is 34.6 Å². The second kappa shape index (κ2) is 5.04. The number of carboxylic acid groups (broad SMARTS) is 1. The van der Waals surface area contributed by atoms with Crippen LogP contribution >= 0.6 is 0 Å². The number of rotatable bonds is 2. The molecular weight excluding hydrogens is 252 g/mol. The van der Waals surface area contributed by atoms with Crippen molar-refractivity contribution < 1.29 is 9.90 Å². The fourth-order valence-corrected chi connectivity index (χ4v) is 2.41. The molecule has 0 fully saturated rings. The minimum Gasteiger partial charge on any atom is -0.477 e. The summed E-state index contributed by atoms with van der Waals surface area (Å²) in [4.78, 5) is 19.5. The van der Waals surface area contributed by atoms with Crippen molar-refractivity contribution in [3.8, 4) is 11.3 Å². The average molecular weight is 270 g/mol. The number of aryl methyl sites for hydroxylation is 3. The largest absolute Gasteiger partial charge is 0.477 e. The molecule has 0 spiro atoms. The van der Waals surface area contributed by atoms with Crippen molar-refractivity contribution in [2.75, 3.05) is 0 Å². The van der Waals surface area contributed by atoms with Crippen molar-refractivity contribution in [1.82, 2.24) is 9.97 Å². The third kappa shape index (κ3) is 2.41. The zero-order valence-corrected chi connectivity index (χ0v) is 12.4. The maximum absolute atomic E-state index is 11.2. The zero-order valence-electron chi connectivity index (χ0n) is 12.4. The van der Waals surface area contributed by atoms with Crippen LogP contribution in [0.15, 0.2) is 12.1 Å². The average Bonchev–Trinajstić information content (AvgIpc) is 2.36. The Labute approximate surface area is 118 Å². The zero-order chi connectivity index (χ0) is 15.0. The van der Waals surface area contributed by atoms with Gasteiger partial charge in [0.15, 0.2) is 5.69 Å². The molecule has 104 valence electrons. The highest BCUT2D eigenvalue weighted by Gasteiger charge is 2.15. The molecule has 20 heavy (non-hydrogen) atoms. The molecule has 0 saturated heterocycles. The molecule has 0 saturated carbocycles. The molecular formula is C16H18N2O2. The van der Waals surface area contributed by atoms with E-state index in [0.717, 1.165) is 16.7 Å². The van der Waals surface area contributed by atoms with Crippen molar-refractivity contribution in [2.24, 2.45) is 0 Å². The minimum atomic E-state index is -1.03. The van der Waals surface area contributed by atoms with Crippen LogP contribution in [0.2, 0.25) is 0 Å². The first-order chi connectivity index (χ1) is 9.31. The number of hydrogen-bond donors (Lipinski definition) is 1. The molecule has 1 N–H and O–H groups in total. The van der Waals surface area contributed by atoms with Gasteiger partial charge in [-0.1, -0.05) is 6.07 Å². The van der Waals surface area contributed by atoms with E-state index in [-0.39, 0.29) is 5.69 Å². The summed E-state index contributed by atoms with van der Waals surface area (Å²) < 4.78 is 0. The number of aromatic nitrogens is 2. The number of nitrogens with zero attached hydrogens (tertiary/aromatic N) is 2. The quantitative estimate of drug-likeness (QED) is 0.908. The van der Waals surface area contributed by atoms with Crippen molar-refractivity contribution in [3.05, 3.63) is 45.9 Å². The van der Waals surface area contributed by atoms with E-state index in [4.69, 9.17) is 5.11 Å². The van der Waals surface area contributed by atoms with E-state index < -0.39 is 5.97 Å². The Bertz CT molecular complexity index is 680. The van der Waals surface area contributed by atoms with Crippen LogP contribution in [-0.4, -0.2) is 21.0 Å². The predicted molar refractivity (Wildman–Crippen MR) is 78.1 cm³/mol. The van der Waals surface area contributed by atoms with Crippen molar-refractivity contribution in [3.63, 3.8) is 0 Å². The van der Waals surface area contributed by atoms with Gasteiger partial charge < -0.3 is 5.11 Å². The summed E-state index contributed by atoms with van der Waals surface area (Å²) in [6.07, 6.45) is 0. The standard InChI is InChI=1S/C16H18N2O2/c1-8-6-9(2)11(4)15(10(8)3)13-7-14(16(19)20)18-12(5)17-13/h6-7H,1-5H3,(H,19,20). The van der Waals surface area contributed by atoms with Crippen LogP contribution in [0.3, 0.4) is 0 Å². The van der Waals surface area contributed by atoms with Gasteiger partial charge in [0.2, 0.25) is 0 Å². The van der Waals surface area contributed by atoms with Gasteiger partial charge in [0, 0.05) is 5.56 Å². The summed E-state index contributed by atoms with van der Waals surface area (Å²) >= 11 is 0. The summed E-state index contributed by atoms with van der Waals surface area (Å²) in [5, 5.41) is 9.14. The van der Waals surface area contributed by atoms with E-state index >= 15 is 0 Å². The molecule has 4 nitrogen and oxygen atoms in total. The molecule has 0 aliphatic rings. The van der Waals surface area contributed by atoms with Crippen molar-refractivity contribution in [1.29, 1.82) is 0 Å². The Morgan fingerprint density at radius 1 is 0.950 bits per heavy atom. The maximum Gasteiger partial charge on any atom is 0.354 e. The van der Waals surface area contributed by atoms with E-state index in [1.54, 1.807) is 13.0 Å². The minimum absolute atomic E-state index is 0.0328. The lowest BCUT2D eigenvalue weighted by Gasteiger charge is -2.15. The number of carboxylic acids is 1. The van der Waals surface area contributed by atoms with Crippen LogP contribution in [0, 0.1) is 34.6 Å². The third-order valence-electron chi connectivity index (χ3n) is 3.68. The Balaban J connectivity index is 2.78. The highest BCUT2D eigenvalue weighted by molar-refractivity contribution is 5.87. The number of benzene rings is 1. The Kier molecular flexibility index (Phi) is 3.57. The smallest absolute Gasteiger partial charge is 0.354 e. The summed E-state index contributed by atoms with van der Waals surface area (Å²) in [6.45, 7) is 9.89. The lowest BCUT2D eigenvalue weighted by Crippen LogP contribution is -2.06. The number of aromatic carboxylic acids is 1. The van der Waals surface area contributed by atoms with Crippen LogP contribution in [-0.2, 0) is 0 Å². The Morgan fingerprint density at radius 2 is 1.50 bits per heavy atom. The highest BCUT2D eigenvalue weighted by atomic mass is 16.4. The fraction of sp³-hybridized carbons (Fsp3) is 0.312. The molecule has 0 atom stereocenters. The highest BCUT2D eigenvalue weighted by Crippen LogP contribution is 2.30. The van der Waals surface area contributed by atoms with Gasteiger partial charge in [0.05, 0.1) is 5.69 Å². The van der Waals surface area contributed by atoms with Gasteiger partial charge in [-0.05, 0) is 62.9 Å². The molecule has 0 radical (unpaired) electrons. The third-order valence-corrected chi connectivity index (χ3v) is 3.68. The van der Waals surface area contributed by atoms with E-state index in [1.165, 1.54) is 11.1 Å². The van der Waals surface area contributed by atoms with Crippen LogP contribution < -0.4 is 0 Å². The molecule has 2 aromatic rings. The van der Waals surface area contributed by atoms with E-state index in [0.29, 0.717) is 11.5 Å². The van der Waals surface area contributed by atoms with Crippen LogP contribution in [0.4, 0.5) is 0 Å². The molecule has 0 amide bonds.